The Kier molecular flexibility index (Phi) is 6.31. The predicted octanol–water partition coefficient (Wildman–Crippen LogP) is 3.65. The van der Waals surface area contributed by atoms with Gasteiger partial charge in [0.05, 0.1) is 29.5 Å². The molecule has 176 valence electrons. The fraction of sp³-hybridized carbons (Fsp3) is 0.348. The van der Waals surface area contributed by atoms with Gasteiger partial charge in [0.15, 0.2) is 5.78 Å². The van der Waals surface area contributed by atoms with Crippen molar-refractivity contribution in [3.8, 4) is 11.5 Å². The second kappa shape index (κ2) is 9.03. The van der Waals surface area contributed by atoms with E-state index in [4.69, 9.17) is 8.92 Å². The SMILES string of the molecule is CC(C)Oc1ccc(OS2(C)CC(=O)C(n3nc(CC(=O)O)c4ccc(F)cc43)CN2)cc1. The van der Waals surface area contributed by atoms with Crippen LogP contribution in [0.1, 0.15) is 25.6 Å². The molecular formula is C23H26FN3O5S. The number of nitrogens with zero attached hydrogens (tertiary/aromatic N) is 2. The summed E-state index contributed by atoms with van der Waals surface area (Å²) in [5.74, 6) is -0.147. The van der Waals surface area contributed by atoms with E-state index in [0.29, 0.717) is 22.3 Å². The van der Waals surface area contributed by atoms with E-state index in [1.165, 1.54) is 22.9 Å². The number of aliphatic carboxylic acids is 1. The summed E-state index contributed by atoms with van der Waals surface area (Å²) < 4.78 is 30.5. The molecule has 1 aliphatic heterocycles. The Labute approximate surface area is 192 Å². The molecule has 0 spiro atoms. The second-order valence-electron chi connectivity index (χ2n) is 8.32. The average Bonchev–Trinajstić information content (AvgIpc) is 3.05. The number of hydrogen-bond donors (Lipinski definition) is 2. The summed E-state index contributed by atoms with van der Waals surface area (Å²) in [7, 11) is -1.94. The molecule has 2 N–H and O–H groups in total. The maximum absolute atomic E-state index is 13.9. The van der Waals surface area contributed by atoms with Gasteiger partial charge in [-0.25, -0.2) is 9.11 Å². The summed E-state index contributed by atoms with van der Waals surface area (Å²) in [6.45, 7) is 4.13. The van der Waals surface area contributed by atoms with E-state index in [0.717, 1.165) is 5.75 Å². The molecule has 1 saturated heterocycles. The standard InChI is InChI=1S/C23H26FN3O5S/c1-14(2)31-16-5-7-17(8-6-16)32-33(3)13-22(28)21(12-25-33)27-20-10-15(24)4-9-18(20)19(26-27)11-23(29)30/h4-10,14,21,25H,11-13H2,1-3H3,(H,29,30). The first-order chi connectivity index (χ1) is 15.6. The van der Waals surface area contributed by atoms with E-state index in [-0.39, 0.29) is 30.6 Å². The quantitative estimate of drug-likeness (QED) is 0.538. The number of benzene rings is 2. The lowest BCUT2D eigenvalue weighted by Gasteiger charge is -2.41. The summed E-state index contributed by atoms with van der Waals surface area (Å²) >= 11 is 0. The van der Waals surface area contributed by atoms with Gasteiger partial charge in [-0.3, -0.25) is 14.3 Å². The molecule has 0 bridgehead atoms. The van der Waals surface area contributed by atoms with Crippen LogP contribution in [-0.4, -0.2) is 51.3 Å². The third-order valence-electron chi connectivity index (χ3n) is 5.21. The van der Waals surface area contributed by atoms with E-state index in [9.17, 15) is 19.1 Å². The number of hydrogen-bond acceptors (Lipinski definition) is 6. The fourth-order valence-corrected chi connectivity index (χ4v) is 5.82. The number of carboxylic acids is 1. The Morgan fingerprint density at radius 2 is 1.97 bits per heavy atom. The molecule has 4 rings (SSSR count). The van der Waals surface area contributed by atoms with Gasteiger partial charge in [0.2, 0.25) is 0 Å². The number of rotatable bonds is 7. The van der Waals surface area contributed by atoms with Crippen LogP contribution in [0.15, 0.2) is 42.5 Å². The molecular weight excluding hydrogens is 449 g/mol. The number of ketones is 1. The van der Waals surface area contributed by atoms with Crippen molar-refractivity contribution in [2.24, 2.45) is 0 Å². The summed E-state index contributed by atoms with van der Waals surface area (Å²) in [5, 5.41) is 14.1. The topological polar surface area (TPSA) is 103 Å². The lowest BCUT2D eigenvalue weighted by molar-refractivity contribution is -0.136. The van der Waals surface area contributed by atoms with Crippen LogP contribution >= 0.6 is 10.5 Å². The number of aromatic nitrogens is 2. The summed E-state index contributed by atoms with van der Waals surface area (Å²) in [4.78, 5) is 24.4. The highest BCUT2D eigenvalue weighted by Crippen LogP contribution is 2.45. The molecule has 2 aromatic carbocycles. The van der Waals surface area contributed by atoms with Crippen LogP contribution < -0.4 is 13.6 Å². The summed E-state index contributed by atoms with van der Waals surface area (Å²) in [6, 6.07) is 10.6. The smallest absolute Gasteiger partial charge is 0.309 e. The first kappa shape index (κ1) is 23.1. The monoisotopic (exact) mass is 475 g/mol. The first-order valence-electron chi connectivity index (χ1n) is 10.5. The van der Waals surface area contributed by atoms with E-state index in [1.807, 2.05) is 32.2 Å². The largest absolute Gasteiger partial charge is 0.491 e. The van der Waals surface area contributed by atoms with Crippen LogP contribution in [0.5, 0.6) is 11.5 Å². The number of halogens is 1. The number of carbonyl (C=O) groups is 2. The molecule has 1 fully saturated rings. The Balaban J connectivity index is 1.53. The van der Waals surface area contributed by atoms with Crippen molar-refractivity contribution in [3.05, 3.63) is 54.0 Å². The summed E-state index contributed by atoms with van der Waals surface area (Å²) in [6.07, 6.45) is 1.62. The molecule has 10 heteroatoms. The minimum absolute atomic E-state index is 0.0670. The lowest BCUT2D eigenvalue weighted by atomic mass is 10.1. The number of carbonyl (C=O) groups excluding carboxylic acids is 1. The fourth-order valence-electron chi connectivity index (χ4n) is 3.82. The van der Waals surface area contributed by atoms with Gasteiger partial charge >= 0.3 is 5.97 Å². The van der Waals surface area contributed by atoms with Crippen molar-refractivity contribution in [3.63, 3.8) is 0 Å². The van der Waals surface area contributed by atoms with E-state index >= 15 is 0 Å². The third-order valence-corrected chi connectivity index (χ3v) is 7.38. The van der Waals surface area contributed by atoms with Crippen LogP contribution in [-0.2, 0) is 16.0 Å². The van der Waals surface area contributed by atoms with Crippen molar-refractivity contribution in [1.82, 2.24) is 14.5 Å². The minimum Gasteiger partial charge on any atom is -0.491 e. The minimum atomic E-state index is -1.94. The highest BCUT2D eigenvalue weighted by molar-refractivity contribution is 8.28. The van der Waals surface area contributed by atoms with E-state index in [1.54, 1.807) is 12.1 Å². The Morgan fingerprint density at radius 1 is 1.27 bits per heavy atom. The maximum Gasteiger partial charge on any atom is 0.309 e. The van der Waals surface area contributed by atoms with Crippen molar-refractivity contribution >= 4 is 33.2 Å². The van der Waals surface area contributed by atoms with Crippen LogP contribution in [0.2, 0.25) is 0 Å². The highest BCUT2D eigenvalue weighted by atomic mass is 32.3. The van der Waals surface area contributed by atoms with Gasteiger partial charge in [0.25, 0.3) is 0 Å². The van der Waals surface area contributed by atoms with Crippen molar-refractivity contribution < 1.29 is 28.0 Å². The van der Waals surface area contributed by atoms with Crippen LogP contribution in [0.4, 0.5) is 4.39 Å². The molecule has 1 aliphatic rings. The average molecular weight is 476 g/mol. The van der Waals surface area contributed by atoms with E-state index < -0.39 is 28.3 Å². The zero-order valence-electron chi connectivity index (χ0n) is 18.6. The Morgan fingerprint density at radius 3 is 2.61 bits per heavy atom. The molecule has 2 unspecified atom stereocenters. The zero-order chi connectivity index (χ0) is 23.8. The first-order valence-corrected chi connectivity index (χ1v) is 12.6. The maximum atomic E-state index is 13.9. The lowest BCUT2D eigenvalue weighted by Crippen LogP contribution is -2.44. The van der Waals surface area contributed by atoms with Crippen LogP contribution in [0.3, 0.4) is 0 Å². The van der Waals surface area contributed by atoms with Gasteiger partial charge in [-0.2, -0.15) is 5.10 Å². The number of Topliss-reactive ketones (excluding diaryl/α,β-unsaturated/α-hetero) is 1. The van der Waals surface area contributed by atoms with Gasteiger partial charge in [-0.1, -0.05) is 0 Å². The molecule has 33 heavy (non-hydrogen) atoms. The van der Waals surface area contributed by atoms with Crippen molar-refractivity contribution in [1.29, 1.82) is 0 Å². The predicted molar refractivity (Wildman–Crippen MR) is 124 cm³/mol. The molecule has 8 nitrogen and oxygen atoms in total. The van der Waals surface area contributed by atoms with Gasteiger partial charge in [-0.15, -0.1) is 0 Å². The Bertz CT molecular complexity index is 1200. The highest BCUT2D eigenvalue weighted by Gasteiger charge is 2.37. The number of nitrogens with one attached hydrogen (secondary N) is 1. The molecule has 1 aromatic heterocycles. The Hall–Kier alpha value is -3.11. The number of carboxylic acid groups (broad SMARTS) is 1. The van der Waals surface area contributed by atoms with E-state index in [2.05, 4.69) is 9.82 Å². The second-order valence-corrected chi connectivity index (χ2v) is 11.1. The molecule has 2 heterocycles. The number of fused-ring (bicyclic) bond motifs is 1. The van der Waals surface area contributed by atoms with Crippen LogP contribution in [0, 0.1) is 5.82 Å². The van der Waals surface area contributed by atoms with Gasteiger partial charge in [0.1, 0.15) is 23.4 Å². The molecule has 0 aliphatic carbocycles. The molecule has 3 aromatic rings. The summed E-state index contributed by atoms with van der Waals surface area (Å²) in [5.41, 5.74) is 0.692. The zero-order valence-corrected chi connectivity index (χ0v) is 19.4. The molecule has 0 radical (unpaired) electrons. The molecule has 0 saturated carbocycles. The van der Waals surface area contributed by atoms with Gasteiger partial charge < -0.3 is 14.0 Å². The van der Waals surface area contributed by atoms with Crippen LogP contribution in [0.25, 0.3) is 10.9 Å². The molecule has 2 atom stereocenters. The van der Waals surface area contributed by atoms with Gasteiger partial charge in [-0.05, 0) is 66.8 Å². The molecule has 0 amide bonds. The van der Waals surface area contributed by atoms with Crippen molar-refractivity contribution in [2.45, 2.75) is 32.4 Å². The third kappa shape index (κ3) is 5.12. The normalized spacial score (nSPS) is 22.8. The van der Waals surface area contributed by atoms with Gasteiger partial charge in [0, 0.05) is 18.2 Å². The number of ether oxygens (including phenoxy) is 1. The van der Waals surface area contributed by atoms with Crippen molar-refractivity contribution in [2.75, 3.05) is 18.6 Å².